The van der Waals surface area contributed by atoms with Crippen LogP contribution in [0.1, 0.15) is 31.0 Å². The van der Waals surface area contributed by atoms with Crippen LogP contribution in [-0.4, -0.2) is 30.7 Å². The van der Waals surface area contributed by atoms with Crippen LogP contribution in [0.25, 0.3) is 6.08 Å². The third-order valence-electron chi connectivity index (χ3n) is 5.30. The molecular formula is C25H22N2O6S. The third kappa shape index (κ3) is 4.42. The number of thiazole rings is 1. The highest BCUT2D eigenvalue weighted by Gasteiger charge is 2.33. The lowest BCUT2D eigenvalue weighted by Crippen LogP contribution is -2.39. The molecule has 34 heavy (non-hydrogen) atoms. The maximum absolute atomic E-state index is 13.5. The van der Waals surface area contributed by atoms with Gasteiger partial charge in [0.2, 0.25) is 0 Å². The molecular weight excluding hydrogens is 456 g/mol. The number of rotatable bonds is 5. The Labute approximate surface area is 199 Å². The van der Waals surface area contributed by atoms with E-state index < -0.39 is 18.0 Å². The average molecular weight is 479 g/mol. The van der Waals surface area contributed by atoms with Gasteiger partial charge in [0, 0.05) is 6.92 Å². The predicted octanol–water partition coefficient (Wildman–Crippen LogP) is 2.34. The maximum atomic E-state index is 13.5. The first-order valence-electron chi connectivity index (χ1n) is 10.4. The molecule has 0 unspecified atom stereocenters. The number of hydrogen-bond donors (Lipinski definition) is 0. The highest BCUT2D eigenvalue weighted by molar-refractivity contribution is 7.07. The Balaban J connectivity index is 1.86. The van der Waals surface area contributed by atoms with Crippen LogP contribution in [0.2, 0.25) is 0 Å². The lowest BCUT2D eigenvalue weighted by atomic mass is 9.96. The fourth-order valence-electron chi connectivity index (χ4n) is 3.74. The van der Waals surface area contributed by atoms with E-state index in [1.807, 2.05) is 12.1 Å². The second-order valence-electron chi connectivity index (χ2n) is 7.51. The number of nitrogens with zero attached hydrogens (tertiary/aromatic N) is 2. The standard InChI is InChI=1S/C25H22N2O6S/c1-14-21(24(30)32-4)22(17-7-11-18(31-3)12-8-17)27-23(29)20(34-25(27)26-14)13-16-5-9-19(10-6-16)33-15(2)28/h5-13,22H,1-4H3/b20-13-/t22-/m1/s1. The van der Waals surface area contributed by atoms with Gasteiger partial charge in [-0.1, -0.05) is 35.6 Å². The summed E-state index contributed by atoms with van der Waals surface area (Å²) in [6.45, 7) is 3.06. The summed E-state index contributed by atoms with van der Waals surface area (Å²) in [6.07, 6.45) is 1.74. The Morgan fingerprint density at radius 2 is 1.68 bits per heavy atom. The molecule has 8 nitrogen and oxygen atoms in total. The molecule has 0 bridgehead atoms. The van der Waals surface area contributed by atoms with Crippen molar-refractivity contribution in [2.75, 3.05) is 14.2 Å². The van der Waals surface area contributed by atoms with E-state index in [1.54, 1.807) is 56.5 Å². The minimum Gasteiger partial charge on any atom is -0.497 e. The topological polar surface area (TPSA) is 96.2 Å². The number of carbonyl (C=O) groups excluding carboxylic acids is 2. The zero-order chi connectivity index (χ0) is 24.4. The molecule has 0 radical (unpaired) electrons. The van der Waals surface area contributed by atoms with Crippen molar-refractivity contribution in [3.63, 3.8) is 0 Å². The number of aromatic nitrogens is 1. The van der Waals surface area contributed by atoms with Gasteiger partial charge in [0.1, 0.15) is 11.5 Å². The Hall–Kier alpha value is -3.98. The van der Waals surface area contributed by atoms with Gasteiger partial charge in [0.05, 0.1) is 36.1 Å². The van der Waals surface area contributed by atoms with E-state index >= 15 is 0 Å². The Morgan fingerprint density at radius 3 is 2.26 bits per heavy atom. The van der Waals surface area contributed by atoms with Crippen LogP contribution < -0.4 is 24.4 Å². The number of carbonyl (C=O) groups is 2. The van der Waals surface area contributed by atoms with Crippen molar-refractivity contribution in [1.29, 1.82) is 0 Å². The Kier molecular flexibility index (Phi) is 6.47. The quantitative estimate of drug-likeness (QED) is 0.413. The number of allylic oxidation sites excluding steroid dienone is 1. The molecule has 0 saturated heterocycles. The van der Waals surface area contributed by atoms with Crippen LogP contribution in [0, 0.1) is 0 Å². The number of esters is 2. The summed E-state index contributed by atoms with van der Waals surface area (Å²) in [4.78, 5) is 42.3. The van der Waals surface area contributed by atoms with Gasteiger partial charge in [-0.3, -0.25) is 14.2 Å². The molecule has 2 heterocycles. The monoisotopic (exact) mass is 478 g/mol. The van der Waals surface area contributed by atoms with Gasteiger partial charge in [-0.15, -0.1) is 0 Å². The largest absolute Gasteiger partial charge is 0.497 e. The van der Waals surface area contributed by atoms with Gasteiger partial charge >= 0.3 is 11.9 Å². The summed E-state index contributed by atoms with van der Waals surface area (Å²) in [6, 6.07) is 13.3. The Bertz CT molecular complexity index is 1460. The van der Waals surface area contributed by atoms with Crippen molar-refractivity contribution in [3.8, 4) is 11.5 Å². The van der Waals surface area contributed by atoms with E-state index in [2.05, 4.69) is 4.99 Å². The average Bonchev–Trinajstić information content (AvgIpc) is 3.13. The zero-order valence-corrected chi connectivity index (χ0v) is 19.8. The summed E-state index contributed by atoms with van der Waals surface area (Å²) >= 11 is 1.23. The van der Waals surface area contributed by atoms with E-state index in [-0.39, 0.29) is 5.56 Å². The molecule has 4 rings (SSSR count). The van der Waals surface area contributed by atoms with Crippen molar-refractivity contribution in [2.45, 2.75) is 19.9 Å². The van der Waals surface area contributed by atoms with Crippen LogP contribution in [-0.2, 0) is 14.3 Å². The van der Waals surface area contributed by atoms with Crippen LogP contribution in [0.3, 0.4) is 0 Å². The molecule has 2 aromatic carbocycles. The van der Waals surface area contributed by atoms with Crippen molar-refractivity contribution < 1.29 is 23.8 Å². The molecule has 0 saturated carbocycles. The van der Waals surface area contributed by atoms with Gasteiger partial charge in [0.15, 0.2) is 4.80 Å². The molecule has 0 N–H and O–H groups in total. The minimum atomic E-state index is -0.692. The number of hydrogen-bond acceptors (Lipinski definition) is 8. The van der Waals surface area contributed by atoms with Crippen molar-refractivity contribution >= 4 is 29.4 Å². The molecule has 0 amide bonds. The van der Waals surface area contributed by atoms with Crippen LogP contribution in [0.4, 0.5) is 0 Å². The SMILES string of the molecule is COC(=O)C1=C(C)N=c2s/c(=C\c3ccc(OC(C)=O)cc3)c(=O)n2[C@@H]1c1ccc(OC)cc1. The molecule has 0 fully saturated rings. The lowest BCUT2D eigenvalue weighted by Gasteiger charge is -2.24. The molecule has 1 aliphatic rings. The van der Waals surface area contributed by atoms with Crippen LogP contribution in [0.5, 0.6) is 11.5 Å². The van der Waals surface area contributed by atoms with E-state index in [9.17, 15) is 14.4 Å². The predicted molar refractivity (Wildman–Crippen MR) is 127 cm³/mol. The summed E-state index contributed by atoms with van der Waals surface area (Å²) in [5, 5.41) is 0. The molecule has 0 spiro atoms. The second-order valence-corrected chi connectivity index (χ2v) is 8.52. The van der Waals surface area contributed by atoms with Gasteiger partial charge < -0.3 is 14.2 Å². The Morgan fingerprint density at radius 1 is 1.03 bits per heavy atom. The van der Waals surface area contributed by atoms with Gasteiger partial charge in [-0.25, -0.2) is 9.79 Å². The van der Waals surface area contributed by atoms with E-state index in [0.29, 0.717) is 32.1 Å². The van der Waals surface area contributed by atoms with E-state index in [1.165, 1.54) is 29.9 Å². The van der Waals surface area contributed by atoms with Crippen LogP contribution >= 0.6 is 11.3 Å². The third-order valence-corrected chi connectivity index (χ3v) is 6.28. The molecule has 3 aromatic rings. The molecule has 1 atom stereocenters. The lowest BCUT2D eigenvalue weighted by molar-refractivity contribution is -0.136. The molecule has 1 aliphatic heterocycles. The number of methoxy groups -OCH3 is 2. The van der Waals surface area contributed by atoms with Crippen molar-refractivity contribution in [3.05, 3.63) is 90.6 Å². The normalized spacial score (nSPS) is 15.4. The molecule has 174 valence electrons. The summed E-state index contributed by atoms with van der Waals surface area (Å²) in [5.41, 5.74) is 2.01. The maximum Gasteiger partial charge on any atom is 0.338 e. The van der Waals surface area contributed by atoms with E-state index in [0.717, 1.165) is 11.1 Å². The fourth-order valence-corrected chi connectivity index (χ4v) is 4.79. The first-order valence-corrected chi connectivity index (χ1v) is 11.2. The molecule has 9 heteroatoms. The first kappa shape index (κ1) is 23.2. The number of fused-ring (bicyclic) bond motifs is 1. The molecule has 1 aromatic heterocycles. The van der Waals surface area contributed by atoms with Gasteiger partial charge in [0.25, 0.3) is 5.56 Å². The van der Waals surface area contributed by atoms with Crippen molar-refractivity contribution in [1.82, 2.24) is 4.57 Å². The number of benzene rings is 2. The van der Waals surface area contributed by atoms with Gasteiger partial charge in [-0.2, -0.15) is 0 Å². The minimum absolute atomic E-state index is 0.275. The molecule has 0 aliphatic carbocycles. The highest BCUT2D eigenvalue weighted by atomic mass is 32.1. The van der Waals surface area contributed by atoms with Crippen LogP contribution in [0.15, 0.2) is 69.6 Å². The first-order chi connectivity index (χ1) is 16.3. The summed E-state index contributed by atoms with van der Waals surface area (Å²) in [5.74, 6) is 0.131. The fraction of sp³-hybridized carbons (Fsp3) is 0.200. The smallest absolute Gasteiger partial charge is 0.338 e. The van der Waals surface area contributed by atoms with Crippen molar-refractivity contribution in [2.24, 2.45) is 4.99 Å². The summed E-state index contributed by atoms with van der Waals surface area (Å²) in [7, 11) is 2.87. The zero-order valence-electron chi connectivity index (χ0n) is 19.0. The van der Waals surface area contributed by atoms with E-state index in [4.69, 9.17) is 14.2 Å². The number of ether oxygens (including phenoxy) is 3. The van der Waals surface area contributed by atoms with Gasteiger partial charge in [-0.05, 0) is 48.4 Å². The highest BCUT2D eigenvalue weighted by Crippen LogP contribution is 2.31. The second kappa shape index (κ2) is 9.48. The summed E-state index contributed by atoms with van der Waals surface area (Å²) < 4.78 is 17.3.